The maximum absolute atomic E-state index is 5.45. The normalized spacial score (nSPS) is 10.2. The minimum absolute atomic E-state index is 0.413. The molecule has 13 heavy (non-hydrogen) atoms. The quantitative estimate of drug-likeness (QED) is 0.703. The Balaban J connectivity index is 2.41. The van der Waals surface area contributed by atoms with Crippen molar-refractivity contribution in [1.82, 2.24) is 19.7 Å². The summed E-state index contributed by atoms with van der Waals surface area (Å²) in [5, 5.41) is 4.05. The number of aromatic nitrogens is 4. The maximum atomic E-state index is 5.45. The summed E-state index contributed by atoms with van der Waals surface area (Å²) in [6, 6.07) is 3.65. The molecular formula is C8H9N5. The van der Waals surface area contributed by atoms with Gasteiger partial charge in [-0.3, -0.25) is 0 Å². The van der Waals surface area contributed by atoms with E-state index in [-0.39, 0.29) is 0 Å². The van der Waals surface area contributed by atoms with Gasteiger partial charge in [-0.25, -0.2) is 14.6 Å². The molecule has 66 valence electrons. The van der Waals surface area contributed by atoms with Crippen molar-refractivity contribution in [3.8, 4) is 5.82 Å². The Morgan fingerprint density at radius 2 is 2.31 bits per heavy atom. The fraction of sp³-hybridized carbons (Fsp3) is 0.125. The van der Waals surface area contributed by atoms with Crippen molar-refractivity contribution in [1.29, 1.82) is 0 Å². The van der Waals surface area contributed by atoms with Crippen LogP contribution in [-0.4, -0.2) is 19.7 Å². The number of nitrogens with zero attached hydrogens (tertiary/aromatic N) is 4. The molecule has 0 atom stereocenters. The van der Waals surface area contributed by atoms with Gasteiger partial charge in [0.15, 0.2) is 5.82 Å². The summed E-state index contributed by atoms with van der Waals surface area (Å²) in [7, 11) is 0. The van der Waals surface area contributed by atoms with Crippen molar-refractivity contribution in [3.05, 3.63) is 36.5 Å². The van der Waals surface area contributed by atoms with E-state index in [1.807, 2.05) is 18.3 Å². The molecule has 2 aromatic heterocycles. The summed E-state index contributed by atoms with van der Waals surface area (Å²) in [4.78, 5) is 8.05. The highest BCUT2D eigenvalue weighted by molar-refractivity contribution is 5.21. The Bertz CT molecular complexity index is 381. The van der Waals surface area contributed by atoms with Gasteiger partial charge in [-0.2, -0.15) is 5.10 Å². The molecule has 0 aliphatic carbocycles. The zero-order valence-electron chi connectivity index (χ0n) is 6.96. The minimum atomic E-state index is 0.413. The van der Waals surface area contributed by atoms with Crippen LogP contribution in [-0.2, 0) is 6.54 Å². The first-order chi connectivity index (χ1) is 6.40. The van der Waals surface area contributed by atoms with E-state index in [4.69, 9.17) is 5.73 Å². The molecule has 5 heteroatoms. The van der Waals surface area contributed by atoms with E-state index in [2.05, 4.69) is 15.1 Å². The summed E-state index contributed by atoms with van der Waals surface area (Å²) >= 11 is 0. The molecule has 0 bridgehead atoms. The lowest BCUT2D eigenvalue weighted by Gasteiger charge is -2.00. The second-order valence-corrected chi connectivity index (χ2v) is 2.52. The molecule has 5 nitrogen and oxygen atoms in total. The van der Waals surface area contributed by atoms with Gasteiger partial charge in [0, 0.05) is 25.0 Å². The lowest BCUT2D eigenvalue weighted by atomic mass is 10.4. The van der Waals surface area contributed by atoms with Crippen LogP contribution in [0.2, 0.25) is 0 Å². The van der Waals surface area contributed by atoms with Gasteiger partial charge in [0.2, 0.25) is 0 Å². The van der Waals surface area contributed by atoms with Gasteiger partial charge in [0.1, 0.15) is 6.33 Å². The molecule has 0 aliphatic heterocycles. The largest absolute Gasteiger partial charge is 0.325 e. The highest BCUT2D eigenvalue weighted by Crippen LogP contribution is 2.02. The highest BCUT2D eigenvalue weighted by atomic mass is 15.3. The molecule has 0 saturated carbocycles. The van der Waals surface area contributed by atoms with Crippen LogP contribution in [0.15, 0.2) is 30.9 Å². The zero-order valence-corrected chi connectivity index (χ0v) is 6.96. The van der Waals surface area contributed by atoms with Gasteiger partial charge >= 0.3 is 0 Å². The lowest BCUT2D eigenvalue weighted by Crippen LogP contribution is -2.04. The number of nitrogens with two attached hydrogens (primary N) is 1. The van der Waals surface area contributed by atoms with E-state index < -0.39 is 0 Å². The molecule has 2 N–H and O–H groups in total. The van der Waals surface area contributed by atoms with Gasteiger partial charge in [-0.15, -0.1) is 0 Å². The highest BCUT2D eigenvalue weighted by Gasteiger charge is 1.98. The van der Waals surface area contributed by atoms with Gasteiger partial charge in [0.25, 0.3) is 0 Å². The molecule has 0 unspecified atom stereocenters. The van der Waals surface area contributed by atoms with Crippen molar-refractivity contribution in [3.63, 3.8) is 0 Å². The average Bonchev–Trinajstić information content (AvgIpc) is 2.71. The Labute approximate surface area is 75.2 Å². The molecule has 0 spiro atoms. The molecule has 2 rings (SSSR count). The van der Waals surface area contributed by atoms with E-state index in [0.29, 0.717) is 6.54 Å². The standard InChI is InChI=1S/C8H9N5/c9-5-7-4-8(11-6-10-7)13-3-1-2-12-13/h1-4,6H,5,9H2. The van der Waals surface area contributed by atoms with E-state index in [0.717, 1.165) is 11.5 Å². The summed E-state index contributed by atoms with van der Waals surface area (Å²) in [5.74, 6) is 0.737. The molecule has 0 aliphatic rings. The Morgan fingerprint density at radius 3 is 3.00 bits per heavy atom. The minimum Gasteiger partial charge on any atom is -0.325 e. The average molecular weight is 175 g/mol. The molecule has 2 aromatic rings. The third-order valence-corrected chi connectivity index (χ3v) is 1.66. The molecule has 0 saturated heterocycles. The molecule has 0 aromatic carbocycles. The van der Waals surface area contributed by atoms with Crippen molar-refractivity contribution in [2.45, 2.75) is 6.54 Å². The molecule has 0 amide bonds. The summed E-state index contributed by atoms with van der Waals surface area (Å²) in [6.45, 7) is 0.413. The van der Waals surface area contributed by atoms with Gasteiger partial charge in [-0.1, -0.05) is 0 Å². The van der Waals surface area contributed by atoms with Crippen LogP contribution in [0.4, 0.5) is 0 Å². The smallest absolute Gasteiger partial charge is 0.156 e. The van der Waals surface area contributed by atoms with Crippen molar-refractivity contribution in [2.24, 2.45) is 5.73 Å². The van der Waals surface area contributed by atoms with Crippen LogP contribution in [0.25, 0.3) is 5.82 Å². The topological polar surface area (TPSA) is 69.6 Å². The van der Waals surface area contributed by atoms with Crippen LogP contribution in [0, 0.1) is 0 Å². The molecular weight excluding hydrogens is 166 g/mol. The predicted molar refractivity (Wildman–Crippen MR) is 47.0 cm³/mol. The first-order valence-electron chi connectivity index (χ1n) is 3.91. The molecule has 2 heterocycles. The van der Waals surface area contributed by atoms with Crippen LogP contribution >= 0.6 is 0 Å². The number of hydrogen-bond acceptors (Lipinski definition) is 4. The summed E-state index contributed by atoms with van der Waals surface area (Å²) < 4.78 is 1.67. The van der Waals surface area contributed by atoms with E-state index in [1.165, 1.54) is 6.33 Å². The van der Waals surface area contributed by atoms with Crippen LogP contribution in [0.1, 0.15) is 5.69 Å². The van der Waals surface area contributed by atoms with E-state index in [1.54, 1.807) is 10.9 Å². The van der Waals surface area contributed by atoms with E-state index in [9.17, 15) is 0 Å². The van der Waals surface area contributed by atoms with Crippen LogP contribution in [0.3, 0.4) is 0 Å². The fourth-order valence-electron chi connectivity index (χ4n) is 1.03. The van der Waals surface area contributed by atoms with Crippen molar-refractivity contribution >= 4 is 0 Å². The van der Waals surface area contributed by atoms with E-state index >= 15 is 0 Å². The SMILES string of the molecule is NCc1cc(-n2cccn2)ncn1. The first-order valence-corrected chi connectivity index (χ1v) is 3.91. The fourth-order valence-corrected chi connectivity index (χ4v) is 1.03. The summed E-state index contributed by atoms with van der Waals surface area (Å²) in [6.07, 6.45) is 5.01. The maximum Gasteiger partial charge on any atom is 0.156 e. The second-order valence-electron chi connectivity index (χ2n) is 2.52. The summed E-state index contributed by atoms with van der Waals surface area (Å²) in [5.41, 5.74) is 6.26. The first kappa shape index (κ1) is 7.88. The third kappa shape index (κ3) is 1.54. The van der Waals surface area contributed by atoms with Crippen LogP contribution < -0.4 is 5.73 Å². The number of hydrogen-bond donors (Lipinski definition) is 1. The van der Waals surface area contributed by atoms with Gasteiger partial charge in [-0.05, 0) is 6.07 Å². The lowest BCUT2D eigenvalue weighted by molar-refractivity contribution is 0.826. The van der Waals surface area contributed by atoms with Gasteiger partial charge in [0.05, 0.1) is 5.69 Å². The molecule has 0 fully saturated rings. The predicted octanol–water partition coefficient (Wildman–Crippen LogP) is 0.121. The second kappa shape index (κ2) is 3.32. The Hall–Kier alpha value is -1.75. The van der Waals surface area contributed by atoms with Crippen molar-refractivity contribution < 1.29 is 0 Å². The zero-order chi connectivity index (χ0) is 9.10. The molecule has 0 radical (unpaired) electrons. The third-order valence-electron chi connectivity index (χ3n) is 1.66. The Morgan fingerprint density at radius 1 is 1.38 bits per heavy atom. The van der Waals surface area contributed by atoms with Crippen molar-refractivity contribution in [2.75, 3.05) is 0 Å². The Kier molecular flexibility index (Phi) is 2.01. The number of rotatable bonds is 2. The van der Waals surface area contributed by atoms with Gasteiger partial charge < -0.3 is 5.73 Å². The van der Waals surface area contributed by atoms with Crippen LogP contribution in [0.5, 0.6) is 0 Å². The monoisotopic (exact) mass is 175 g/mol.